The predicted molar refractivity (Wildman–Crippen MR) is 108 cm³/mol. The number of carbonyl (C=O) groups is 1. The molecule has 0 unspecified atom stereocenters. The van der Waals surface area contributed by atoms with Crippen molar-refractivity contribution in [3.63, 3.8) is 0 Å². The molecule has 0 aliphatic rings. The zero-order valence-corrected chi connectivity index (χ0v) is 16.7. The number of benzene rings is 2. The van der Waals surface area contributed by atoms with Crippen LogP contribution in [0.5, 0.6) is 0 Å². The van der Waals surface area contributed by atoms with Gasteiger partial charge in [0.15, 0.2) is 5.76 Å². The number of aromatic nitrogens is 2. The summed E-state index contributed by atoms with van der Waals surface area (Å²) in [6, 6.07) is 17.2. The minimum absolute atomic E-state index is 0.181. The second kappa shape index (κ2) is 9.09. The molecule has 2 aromatic carbocycles. The first-order valence-electron chi connectivity index (χ1n) is 9.77. The SMILES string of the molecule is O=C(c1ccco1)N(CCc1nc(-c2ccc(C(F)(F)F)cc2)no1)Cc1ccccc1. The van der Waals surface area contributed by atoms with Crippen molar-refractivity contribution in [2.24, 2.45) is 0 Å². The van der Waals surface area contributed by atoms with Gasteiger partial charge in [0, 0.05) is 25.1 Å². The molecule has 0 bridgehead atoms. The summed E-state index contributed by atoms with van der Waals surface area (Å²) in [6.07, 6.45) is -2.71. The van der Waals surface area contributed by atoms with Crippen LogP contribution in [0.3, 0.4) is 0 Å². The molecule has 32 heavy (non-hydrogen) atoms. The number of rotatable bonds is 7. The van der Waals surface area contributed by atoms with Gasteiger partial charge in [-0.2, -0.15) is 18.2 Å². The van der Waals surface area contributed by atoms with Crippen molar-refractivity contribution in [1.82, 2.24) is 15.0 Å². The Hall–Kier alpha value is -3.88. The smallest absolute Gasteiger partial charge is 0.416 e. The Labute approximate surface area is 181 Å². The molecule has 0 radical (unpaired) electrons. The maximum atomic E-state index is 12.8. The first kappa shape index (κ1) is 21.4. The van der Waals surface area contributed by atoms with E-state index in [2.05, 4.69) is 10.1 Å². The highest BCUT2D eigenvalue weighted by atomic mass is 19.4. The van der Waals surface area contributed by atoms with Crippen LogP contribution in [0.25, 0.3) is 11.4 Å². The third kappa shape index (κ3) is 5.05. The third-order valence-corrected chi connectivity index (χ3v) is 4.77. The highest BCUT2D eigenvalue weighted by Gasteiger charge is 2.30. The normalized spacial score (nSPS) is 11.5. The van der Waals surface area contributed by atoms with Crippen LogP contribution >= 0.6 is 0 Å². The van der Waals surface area contributed by atoms with Crippen molar-refractivity contribution in [2.75, 3.05) is 6.54 Å². The van der Waals surface area contributed by atoms with E-state index in [0.717, 1.165) is 17.7 Å². The van der Waals surface area contributed by atoms with E-state index in [0.29, 0.717) is 12.1 Å². The zero-order valence-electron chi connectivity index (χ0n) is 16.7. The lowest BCUT2D eigenvalue weighted by Gasteiger charge is -2.21. The largest absolute Gasteiger partial charge is 0.459 e. The molecule has 4 rings (SSSR count). The maximum absolute atomic E-state index is 12.8. The molecule has 164 valence electrons. The monoisotopic (exact) mass is 441 g/mol. The number of hydrogen-bond donors (Lipinski definition) is 0. The van der Waals surface area contributed by atoms with Crippen LogP contribution in [-0.4, -0.2) is 27.5 Å². The molecule has 2 heterocycles. The fourth-order valence-corrected chi connectivity index (χ4v) is 3.12. The highest BCUT2D eigenvalue weighted by molar-refractivity contribution is 5.91. The first-order chi connectivity index (χ1) is 15.4. The van der Waals surface area contributed by atoms with Gasteiger partial charge in [0.1, 0.15) is 0 Å². The number of furan rings is 1. The predicted octanol–water partition coefficient (Wildman–Crippen LogP) is 5.23. The molecule has 2 aromatic heterocycles. The number of amides is 1. The van der Waals surface area contributed by atoms with Gasteiger partial charge in [-0.15, -0.1) is 0 Å². The Kier molecular flexibility index (Phi) is 6.07. The van der Waals surface area contributed by atoms with Crippen LogP contribution in [0.4, 0.5) is 13.2 Å². The van der Waals surface area contributed by atoms with E-state index in [4.69, 9.17) is 8.94 Å². The topological polar surface area (TPSA) is 72.4 Å². The van der Waals surface area contributed by atoms with Gasteiger partial charge in [-0.3, -0.25) is 4.79 Å². The van der Waals surface area contributed by atoms with Crippen LogP contribution in [-0.2, 0) is 19.1 Å². The second-order valence-electron chi connectivity index (χ2n) is 7.03. The Bertz CT molecular complexity index is 1150. The lowest BCUT2D eigenvalue weighted by molar-refractivity contribution is -0.137. The van der Waals surface area contributed by atoms with E-state index in [1.54, 1.807) is 17.0 Å². The molecule has 6 nitrogen and oxygen atoms in total. The van der Waals surface area contributed by atoms with Crippen molar-refractivity contribution in [1.29, 1.82) is 0 Å². The Morgan fingerprint density at radius 1 is 0.969 bits per heavy atom. The fraction of sp³-hybridized carbons (Fsp3) is 0.174. The lowest BCUT2D eigenvalue weighted by atomic mass is 10.1. The summed E-state index contributed by atoms with van der Waals surface area (Å²) in [7, 11) is 0. The van der Waals surface area contributed by atoms with E-state index in [9.17, 15) is 18.0 Å². The van der Waals surface area contributed by atoms with E-state index < -0.39 is 11.7 Å². The van der Waals surface area contributed by atoms with Crippen LogP contribution in [0, 0.1) is 0 Å². The number of nitrogens with zero attached hydrogens (tertiary/aromatic N) is 3. The number of halogens is 3. The molecular weight excluding hydrogens is 423 g/mol. The van der Waals surface area contributed by atoms with Crippen LogP contribution in [0.2, 0.25) is 0 Å². The molecule has 9 heteroatoms. The van der Waals surface area contributed by atoms with Gasteiger partial charge < -0.3 is 13.8 Å². The average molecular weight is 441 g/mol. The van der Waals surface area contributed by atoms with Gasteiger partial charge in [-0.05, 0) is 29.8 Å². The standard InChI is InChI=1S/C23H18F3N3O3/c24-23(25,26)18-10-8-17(9-11-18)21-27-20(32-28-21)12-13-29(15-16-5-2-1-3-6-16)22(30)19-7-4-14-31-19/h1-11,14H,12-13,15H2. The molecule has 1 amide bonds. The van der Waals surface area contributed by atoms with Gasteiger partial charge in [0.25, 0.3) is 5.91 Å². The van der Waals surface area contributed by atoms with Crippen molar-refractivity contribution < 1.29 is 26.9 Å². The number of carbonyl (C=O) groups excluding carboxylic acids is 1. The third-order valence-electron chi connectivity index (χ3n) is 4.77. The molecule has 0 aliphatic carbocycles. The minimum Gasteiger partial charge on any atom is -0.459 e. The van der Waals surface area contributed by atoms with Gasteiger partial charge in [-0.25, -0.2) is 0 Å². The number of hydrogen-bond acceptors (Lipinski definition) is 5. The van der Waals surface area contributed by atoms with Crippen molar-refractivity contribution >= 4 is 5.91 Å². The van der Waals surface area contributed by atoms with Crippen molar-refractivity contribution in [3.05, 3.63) is 95.8 Å². The van der Waals surface area contributed by atoms with Crippen molar-refractivity contribution in [3.8, 4) is 11.4 Å². The summed E-state index contributed by atoms with van der Waals surface area (Å²) in [5.41, 5.74) is 0.599. The summed E-state index contributed by atoms with van der Waals surface area (Å²) in [5.74, 6) is 0.393. The minimum atomic E-state index is -4.41. The lowest BCUT2D eigenvalue weighted by Crippen LogP contribution is -2.32. The van der Waals surface area contributed by atoms with Crippen LogP contribution in [0.15, 0.2) is 81.9 Å². The Morgan fingerprint density at radius 2 is 1.72 bits per heavy atom. The first-order valence-corrected chi connectivity index (χ1v) is 9.77. The summed E-state index contributed by atoms with van der Waals surface area (Å²) in [4.78, 5) is 18.7. The average Bonchev–Trinajstić information content (AvgIpc) is 3.49. The molecule has 0 aliphatic heterocycles. The Morgan fingerprint density at radius 3 is 2.38 bits per heavy atom. The van der Waals surface area contributed by atoms with Crippen LogP contribution in [0.1, 0.15) is 27.6 Å². The van der Waals surface area contributed by atoms with Crippen molar-refractivity contribution in [2.45, 2.75) is 19.1 Å². The van der Waals surface area contributed by atoms with Gasteiger partial charge in [0.2, 0.25) is 11.7 Å². The van der Waals surface area contributed by atoms with Gasteiger partial charge >= 0.3 is 6.18 Å². The highest BCUT2D eigenvalue weighted by Crippen LogP contribution is 2.30. The fourth-order valence-electron chi connectivity index (χ4n) is 3.12. The number of alkyl halides is 3. The van der Waals surface area contributed by atoms with E-state index in [1.807, 2.05) is 30.3 Å². The molecule has 0 atom stereocenters. The molecule has 0 saturated carbocycles. The van der Waals surface area contributed by atoms with E-state index in [-0.39, 0.29) is 36.3 Å². The Balaban J connectivity index is 1.46. The second-order valence-corrected chi connectivity index (χ2v) is 7.03. The van der Waals surface area contributed by atoms with Crippen LogP contribution < -0.4 is 0 Å². The molecule has 4 aromatic rings. The molecule has 0 saturated heterocycles. The maximum Gasteiger partial charge on any atom is 0.416 e. The summed E-state index contributed by atoms with van der Waals surface area (Å²) in [5, 5.41) is 3.85. The molecule has 0 spiro atoms. The summed E-state index contributed by atoms with van der Waals surface area (Å²) < 4.78 is 48.7. The zero-order chi connectivity index (χ0) is 22.6. The molecule has 0 fully saturated rings. The molecular formula is C23H18F3N3O3. The van der Waals surface area contributed by atoms with Gasteiger partial charge in [-0.1, -0.05) is 47.6 Å². The summed E-state index contributed by atoms with van der Waals surface area (Å²) in [6.45, 7) is 0.642. The van der Waals surface area contributed by atoms with E-state index in [1.165, 1.54) is 18.4 Å². The van der Waals surface area contributed by atoms with E-state index >= 15 is 0 Å². The quantitative estimate of drug-likeness (QED) is 0.393. The summed E-state index contributed by atoms with van der Waals surface area (Å²) >= 11 is 0. The molecule has 0 N–H and O–H groups in total. The van der Waals surface area contributed by atoms with Gasteiger partial charge in [0.05, 0.1) is 11.8 Å².